The molecule has 1 aromatic heterocycles. The Morgan fingerprint density at radius 2 is 2.17 bits per heavy atom. The van der Waals surface area contributed by atoms with Gasteiger partial charge in [-0.1, -0.05) is 6.92 Å². The molecule has 3 N–H and O–H groups in total. The minimum absolute atomic E-state index is 0.0254. The van der Waals surface area contributed by atoms with E-state index in [4.69, 9.17) is 5.11 Å². The molecular formula is C13H22N2O2S. The fraction of sp³-hybridized carbons (Fsp3) is 0.615. The second-order valence-electron chi connectivity index (χ2n) is 4.52. The van der Waals surface area contributed by atoms with Crippen LogP contribution in [0.3, 0.4) is 0 Å². The maximum absolute atomic E-state index is 11.6. The Balaban J connectivity index is 2.35. The predicted octanol–water partition coefficient (Wildman–Crippen LogP) is 2.06. The van der Waals surface area contributed by atoms with Gasteiger partial charge in [-0.2, -0.15) is 0 Å². The van der Waals surface area contributed by atoms with Gasteiger partial charge in [-0.05, 0) is 32.4 Å². The maximum Gasteiger partial charge on any atom is 0.315 e. The lowest BCUT2D eigenvalue weighted by molar-refractivity contribution is 0.212. The lowest BCUT2D eigenvalue weighted by Gasteiger charge is -2.18. The number of hydrogen-bond donors (Lipinski definition) is 3. The summed E-state index contributed by atoms with van der Waals surface area (Å²) in [6.45, 7) is 5.96. The summed E-state index contributed by atoms with van der Waals surface area (Å²) in [5, 5.41) is 14.6. The van der Waals surface area contributed by atoms with Gasteiger partial charge in [0.1, 0.15) is 0 Å². The second kappa shape index (κ2) is 7.38. The van der Waals surface area contributed by atoms with E-state index in [9.17, 15) is 4.79 Å². The van der Waals surface area contributed by atoms with E-state index in [0.29, 0.717) is 0 Å². The molecule has 0 saturated heterocycles. The minimum Gasteiger partial charge on any atom is -0.394 e. The minimum atomic E-state index is -0.211. The normalized spacial score (nSPS) is 14.0. The van der Waals surface area contributed by atoms with Gasteiger partial charge in [-0.3, -0.25) is 0 Å². The summed E-state index contributed by atoms with van der Waals surface area (Å²) in [5.41, 5.74) is 0. The second-order valence-corrected chi connectivity index (χ2v) is 5.90. The van der Waals surface area contributed by atoms with Crippen LogP contribution in [0.2, 0.25) is 0 Å². The van der Waals surface area contributed by atoms with Crippen molar-refractivity contribution >= 4 is 17.4 Å². The van der Waals surface area contributed by atoms with Gasteiger partial charge in [-0.15, -0.1) is 11.3 Å². The fourth-order valence-corrected chi connectivity index (χ4v) is 2.69. The van der Waals surface area contributed by atoms with E-state index < -0.39 is 0 Å². The average Bonchev–Trinajstić information content (AvgIpc) is 2.71. The van der Waals surface area contributed by atoms with Crippen LogP contribution in [0.25, 0.3) is 0 Å². The Morgan fingerprint density at radius 3 is 2.67 bits per heavy atom. The number of aryl methyl sites for hydroxylation is 1. The Kier molecular flexibility index (Phi) is 6.15. The van der Waals surface area contributed by atoms with Crippen molar-refractivity contribution in [1.82, 2.24) is 10.6 Å². The number of rotatable bonds is 6. The van der Waals surface area contributed by atoms with Gasteiger partial charge in [-0.25, -0.2) is 4.79 Å². The Bertz CT molecular complexity index is 375. The summed E-state index contributed by atoms with van der Waals surface area (Å²) in [6, 6.07) is 3.89. The lowest BCUT2D eigenvalue weighted by atomic mass is 10.2. The highest BCUT2D eigenvalue weighted by Crippen LogP contribution is 2.16. The summed E-state index contributed by atoms with van der Waals surface area (Å²) >= 11 is 1.75. The SMILES string of the molecule is CCC(CO)NC(=O)NC(C)Cc1ccc(C)s1. The van der Waals surface area contributed by atoms with Crippen molar-refractivity contribution in [1.29, 1.82) is 0 Å². The van der Waals surface area contributed by atoms with Crippen molar-refractivity contribution < 1.29 is 9.90 Å². The largest absolute Gasteiger partial charge is 0.394 e. The van der Waals surface area contributed by atoms with Gasteiger partial charge in [0.15, 0.2) is 0 Å². The first kappa shape index (κ1) is 15.0. The van der Waals surface area contributed by atoms with E-state index in [1.54, 1.807) is 11.3 Å². The molecule has 0 fully saturated rings. The molecule has 0 aliphatic rings. The summed E-state index contributed by atoms with van der Waals surface area (Å²) in [6.07, 6.45) is 1.56. The van der Waals surface area contributed by atoms with E-state index >= 15 is 0 Å². The number of hydrogen-bond acceptors (Lipinski definition) is 3. The highest BCUT2D eigenvalue weighted by molar-refractivity contribution is 7.11. The number of carbonyl (C=O) groups is 1. The van der Waals surface area contributed by atoms with E-state index in [1.807, 2.05) is 13.8 Å². The van der Waals surface area contributed by atoms with Crippen LogP contribution >= 0.6 is 11.3 Å². The Hall–Kier alpha value is -1.07. The third-order valence-corrected chi connectivity index (χ3v) is 3.75. The van der Waals surface area contributed by atoms with Crippen LogP contribution in [0, 0.1) is 6.92 Å². The van der Waals surface area contributed by atoms with Crippen LogP contribution in [0.5, 0.6) is 0 Å². The lowest BCUT2D eigenvalue weighted by Crippen LogP contribution is -2.46. The molecule has 1 rings (SSSR count). The molecule has 2 unspecified atom stereocenters. The van der Waals surface area contributed by atoms with Crippen molar-refractivity contribution in [2.24, 2.45) is 0 Å². The highest BCUT2D eigenvalue weighted by atomic mass is 32.1. The standard InChI is InChI=1S/C13H22N2O2S/c1-4-11(8-16)15-13(17)14-9(2)7-12-6-5-10(3)18-12/h5-6,9,11,16H,4,7-8H2,1-3H3,(H2,14,15,17). The van der Waals surface area contributed by atoms with Crippen molar-refractivity contribution in [3.63, 3.8) is 0 Å². The zero-order chi connectivity index (χ0) is 13.5. The van der Waals surface area contributed by atoms with Gasteiger partial charge in [0.25, 0.3) is 0 Å². The van der Waals surface area contributed by atoms with E-state index in [-0.39, 0.29) is 24.7 Å². The monoisotopic (exact) mass is 270 g/mol. The molecule has 102 valence electrons. The number of nitrogens with one attached hydrogen (secondary N) is 2. The van der Waals surface area contributed by atoms with Crippen LogP contribution in [0.15, 0.2) is 12.1 Å². The van der Waals surface area contributed by atoms with Gasteiger partial charge in [0, 0.05) is 22.2 Å². The molecule has 4 nitrogen and oxygen atoms in total. The van der Waals surface area contributed by atoms with E-state index in [2.05, 4.69) is 29.7 Å². The zero-order valence-electron chi connectivity index (χ0n) is 11.2. The maximum atomic E-state index is 11.6. The third kappa shape index (κ3) is 5.06. The zero-order valence-corrected chi connectivity index (χ0v) is 12.0. The van der Waals surface area contributed by atoms with Gasteiger partial charge in [0.2, 0.25) is 0 Å². The van der Waals surface area contributed by atoms with E-state index in [1.165, 1.54) is 9.75 Å². The number of thiophene rings is 1. The molecule has 0 aliphatic carbocycles. The van der Waals surface area contributed by atoms with E-state index in [0.717, 1.165) is 12.8 Å². The topological polar surface area (TPSA) is 61.4 Å². The summed E-state index contributed by atoms with van der Waals surface area (Å²) < 4.78 is 0. The Labute approximate surface area is 112 Å². The van der Waals surface area contributed by atoms with Gasteiger partial charge in [0.05, 0.1) is 12.6 Å². The molecule has 0 spiro atoms. The fourth-order valence-electron chi connectivity index (χ4n) is 1.68. The van der Waals surface area contributed by atoms with Crippen molar-refractivity contribution in [2.75, 3.05) is 6.61 Å². The van der Waals surface area contributed by atoms with Crippen LogP contribution in [0.1, 0.15) is 30.0 Å². The predicted molar refractivity (Wildman–Crippen MR) is 75.1 cm³/mol. The third-order valence-electron chi connectivity index (χ3n) is 2.73. The summed E-state index contributed by atoms with van der Waals surface area (Å²) in [7, 11) is 0. The first-order chi connectivity index (χ1) is 8.55. The molecule has 5 heteroatoms. The number of amides is 2. The van der Waals surface area contributed by atoms with Gasteiger partial charge >= 0.3 is 6.03 Å². The molecular weight excluding hydrogens is 248 g/mol. The first-order valence-electron chi connectivity index (χ1n) is 6.28. The molecule has 0 radical (unpaired) electrons. The molecule has 2 amide bonds. The van der Waals surface area contributed by atoms with Crippen molar-refractivity contribution in [2.45, 2.75) is 45.7 Å². The molecule has 2 atom stereocenters. The molecule has 1 aromatic rings. The molecule has 1 heterocycles. The van der Waals surface area contributed by atoms with Crippen LogP contribution < -0.4 is 10.6 Å². The molecule has 0 aromatic carbocycles. The first-order valence-corrected chi connectivity index (χ1v) is 7.10. The summed E-state index contributed by atoms with van der Waals surface area (Å²) in [4.78, 5) is 14.2. The number of aliphatic hydroxyl groups is 1. The molecule has 0 saturated carbocycles. The smallest absolute Gasteiger partial charge is 0.315 e. The van der Waals surface area contributed by atoms with Crippen LogP contribution in [0.4, 0.5) is 4.79 Å². The van der Waals surface area contributed by atoms with Crippen LogP contribution in [-0.4, -0.2) is 29.8 Å². The molecule has 0 aliphatic heterocycles. The van der Waals surface area contributed by atoms with Crippen molar-refractivity contribution in [3.8, 4) is 0 Å². The summed E-state index contributed by atoms with van der Waals surface area (Å²) in [5.74, 6) is 0. The number of carbonyl (C=O) groups excluding carboxylic acids is 1. The highest BCUT2D eigenvalue weighted by Gasteiger charge is 2.12. The number of aliphatic hydroxyl groups excluding tert-OH is 1. The van der Waals surface area contributed by atoms with Crippen LogP contribution in [-0.2, 0) is 6.42 Å². The van der Waals surface area contributed by atoms with Crippen molar-refractivity contribution in [3.05, 3.63) is 21.9 Å². The average molecular weight is 270 g/mol. The molecule has 18 heavy (non-hydrogen) atoms. The Morgan fingerprint density at radius 1 is 1.44 bits per heavy atom. The van der Waals surface area contributed by atoms with Gasteiger partial charge < -0.3 is 15.7 Å². The molecule has 0 bridgehead atoms. The quantitative estimate of drug-likeness (QED) is 0.741. The number of urea groups is 1.